The van der Waals surface area contributed by atoms with Gasteiger partial charge in [0.15, 0.2) is 0 Å². The van der Waals surface area contributed by atoms with Gasteiger partial charge in [0.05, 0.1) is 5.92 Å². The number of hydrogen-bond acceptors (Lipinski definition) is 1. The smallest absolute Gasteiger partial charge is 0.227 e. The number of rotatable bonds is 6. The topological polar surface area (TPSA) is 29.1 Å². The summed E-state index contributed by atoms with van der Waals surface area (Å²) in [6.07, 6.45) is 3.05. The second kappa shape index (κ2) is 6.08. The number of nitrogens with one attached hydrogen (secondary N) is 1. The summed E-state index contributed by atoms with van der Waals surface area (Å²) in [5, 5.41) is 4.09. The van der Waals surface area contributed by atoms with Crippen molar-refractivity contribution in [3.63, 3.8) is 0 Å². The molecule has 0 aromatic heterocycles. The highest BCUT2D eigenvalue weighted by Gasteiger charge is 2.33. The summed E-state index contributed by atoms with van der Waals surface area (Å²) in [6.45, 7) is 5.15. The number of hydrogen-bond donors (Lipinski definition) is 1. The van der Waals surface area contributed by atoms with Crippen LogP contribution in [0.2, 0.25) is 0 Å². The second-order valence-corrected chi connectivity index (χ2v) is 6.07. The molecule has 0 spiro atoms. The second-order valence-electron chi connectivity index (χ2n) is 5.51. The molecule has 1 atom stereocenters. The van der Waals surface area contributed by atoms with Crippen molar-refractivity contribution in [3.05, 3.63) is 35.4 Å². The summed E-state index contributed by atoms with van der Waals surface area (Å²) < 4.78 is 0. The van der Waals surface area contributed by atoms with E-state index in [0.29, 0.717) is 0 Å². The fourth-order valence-electron chi connectivity index (χ4n) is 2.63. The highest BCUT2D eigenvalue weighted by molar-refractivity contribution is 9.09. The van der Waals surface area contributed by atoms with Crippen LogP contribution in [0.4, 0.5) is 0 Å². The Kier molecular flexibility index (Phi) is 4.67. The van der Waals surface area contributed by atoms with Gasteiger partial charge in [0.1, 0.15) is 0 Å². The Balaban J connectivity index is 1.93. The lowest BCUT2D eigenvalue weighted by Crippen LogP contribution is -2.42. The summed E-state index contributed by atoms with van der Waals surface area (Å²) in [4.78, 5) is 12.3. The third-order valence-electron chi connectivity index (χ3n) is 4.59. The van der Waals surface area contributed by atoms with Crippen LogP contribution in [0.25, 0.3) is 0 Å². The van der Waals surface area contributed by atoms with Crippen molar-refractivity contribution in [2.45, 2.75) is 39.0 Å². The third kappa shape index (κ3) is 2.86. The summed E-state index contributed by atoms with van der Waals surface area (Å²) in [5.41, 5.74) is 2.72. The molecule has 104 valence electrons. The molecular weight excluding hydrogens is 302 g/mol. The molecule has 1 N–H and O–H groups in total. The minimum Gasteiger partial charge on any atom is -0.355 e. The average molecular weight is 324 g/mol. The van der Waals surface area contributed by atoms with Gasteiger partial charge in [0.25, 0.3) is 0 Å². The van der Waals surface area contributed by atoms with Gasteiger partial charge >= 0.3 is 0 Å². The van der Waals surface area contributed by atoms with Crippen LogP contribution in [-0.2, 0) is 11.2 Å². The van der Waals surface area contributed by atoms with Crippen LogP contribution in [0.3, 0.4) is 0 Å². The monoisotopic (exact) mass is 323 g/mol. The third-order valence-corrected chi connectivity index (χ3v) is 5.78. The molecule has 1 aromatic rings. The quantitative estimate of drug-likeness (QED) is 0.795. The number of fused-ring (bicyclic) bond motifs is 1. The Hall–Kier alpha value is -0.830. The minimum atomic E-state index is 0.0675. The molecule has 1 aliphatic carbocycles. The molecule has 0 heterocycles. The number of benzene rings is 1. The van der Waals surface area contributed by atoms with Crippen molar-refractivity contribution >= 4 is 21.8 Å². The number of halogens is 1. The fraction of sp³-hybridized carbons (Fsp3) is 0.562. The minimum absolute atomic E-state index is 0.0675. The molecule has 0 bridgehead atoms. The van der Waals surface area contributed by atoms with Crippen molar-refractivity contribution in [2.24, 2.45) is 5.41 Å². The van der Waals surface area contributed by atoms with Crippen LogP contribution in [0.1, 0.15) is 43.7 Å². The maximum Gasteiger partial charge on any atom is 0.227 e. The van der Waals surface area contributed by atoms with Crippen molar-refractivity contribution < 1.29 is 4.79 Å². The molecule has 0 aliphatic heterocycles. The van der Waals surface area contributed by atoms with Crippen LogP contribution in [0, 0.1) is 5.41 Å². The van der Waals surface area contributed by atoms with Gasteiger partial charge < -0.3 is 5.32 Å². The number of amides is 1. The molecular formula is C16H22BrNO. The van der Waals surface area contributed by atoms with Crippen LogP contribution < -0.4 is 5.32 Å². The van der Waals surface area contributed by atoms with Crippen molar-refractivity contribution in [3.8, 4) is 0 Å². The van der Waals surface area contributed by atoms with E-state index in [0.717, 1.165) is 31.1 Å². The van der Waals surface area contributed by atoms with Gasteiger partial charge in [-0.3, -0.25) is 4.79 Å². The molecule has 3 heteroatoms. The predicted octanol–water partition coefficient (Wildman–Crippen LogP) is 3.64. The molecule has 1 amide bonds. The largest absolute Gasteiger partial charge is 0.355 e. The number of carbonyl (C=O) groups excluding carboxylic acids is 1. The number of carbonyl (C=O) groups is 1. The molecule has 0 saturated carbocycles. The van der Waals surface area contributed by atoms with E-state index in [-0.39, 0.29) is 17.2 Å². The zero-order chi connectivity index (χ0) is 13.9. The predicted molar refractivity (Wildman–Crippen MR) is 82.7 cm³/mol. The van der Waals surface area contributed by atoms with E-state index >= 15 is 0 Å². The van der Waals surface area contributed by atoms with Crippen molar-refractivity contribution in [2.75, 3.05) is 11.9 Å². The Morgan fingerprint density at radius 2 is 2.05 bits per heavy atom. The standard InChI is InChI=1S/C16H22BrNO/c1-3-16(4-2,10-17)11-18-15(19)14-9-12-7-5-6-8-13(12)14/h5-8,14H,3-4,9-11H2,1-2H3,(H,18,19). The number of alkyl halides is 1. The first-order valence-corrected chi connectivity index (χ1v) is 8.19. The van der Waals surface area contributed by atoms with E-state index in [2.05, 4.69) is 47.2 Å². The lowest BCUT2D eigenvalue weighted by atomic mass is 9.76. The van der Waals surface area contributed by atoms with Crippen molar-refractivity contribution in [1.29, 1.82) is 0 Å². The first-order chi connectivity index (χ1) is 9.15. The van der Waals surface area contributed by atoms with Crippen LogP contribution in [0.5, 0.6) is 0 Å². The summed E-state index contributed by atoms with van der Waals surface area (Å²) in [6, 6.07) is 8.23. The van der Waals surface area contributed by atoms with Crippen LogP contribution >= 0.6 is 15.9 Å². The van der Waals surface area contributed by atoms with E-state index < -0.39 is 0 Å². The lowest BCUT2D eigenvalue weighted by molar-refractivity contribution is -0.123. The lowest BCUT2D eigenvalue weighted by Gasteiger charge is -2.33. The molecule has 2 nitrogen and oxygen atoms in total. The van der Waals surface area contributed by atoms with Gasteiger partial charge in [-0.05, 0) is 35.8 Å². The van der Waals surface area contributed by atoms with Crippen molar-refractivity contribution in [1.82, 2.24) is 5.32 Å². The van der Waals surface area contributed by atoms with Gasteiger partial charge in [-0.25, -0.2) is 0 Å². The van der Waals surface area contributed by atoms with Gasteiger partial charge in [0.2, 0.25) is 5.91 Å². The van der Waals surface area contributed by atoms with E-state index in [1.165, 1.54) is 11.1 Å². The summed E-state index contributed by atoms with van der Waals surface area (Å²) in [5.74, 6) is 0.254. The highest BCUT2D eigenvalue weighted by atomic mass is 79.9. The van der Waals surface area contributed by atoms with Gasteiger partial charge in [-0.15, -0.1) is 0 Å². The zero-order valence-electron chi connectivity index (χ0n) is 11.7. The molecule has 1 aromatic carbocycles. The Morgan fingerprint density at radius 3 is 2.63 bits per heavy atom. The molecule has 2 rings (SSSR count). The Morgan fingerprint density at radius 1 is 1.37 bits per heavy atom. The maximum absolute atomic E-state index is 12.3. The fourth-order valence-corrected chi connectivity index (χ4v) is 3.62. The Labute approximate surface area is 124 Å². The average Bonchev–Trinajstić information content (AvgIpc) is 2.42. The molecule has 0 fully saturated rings. The first-order valence-electron chi connectivity index (χ1n) is 7.07. The van der Waals surface area contributed by atoms with Crippen LogP contribution in [0.15, 0.2) is 24.3 Å². The molecule has 19 heavy (non-hydrogen) atoms. The van der Waals surface area contributed by atoms with E-state index in [9.17, 15) is 4.79 Å². The normalized spacial score (nSPS) is 17.5. The molecule has 0 saturated heterocycles. The van der Waals surface area contributed by atoms with Gasteiger partial charge in [0, 0.05) is 11.9 Å². The maximum atomic E-state index is 12.3. The van der Waals surface area contributed by atoms with E-state index in [1.807, 2.05) is 12.1 Å². The van der Waals surface area contributed by atoms with Crippen LogP contribution in [-0.4, -0.2) is 17.8 Å². The first kappa shape index (κ1) is 14.6. The Bertz CT molecular complexity index is 446. The zero-order valence-corrected chi connectivity index (χ0v) is 13.3. The SMILES string of the molecule is CCC(CC)(CBr)CNC(=O)C1Cc2ccccc21. The molecule has 1 unspecified atom stereocenters. The molecule has 1 aliphatic rings. The highest BCUT2D eigenvalue weighted by Crippen LogP contribution is 2.35. The van der Waals surface area contributed by atoms with E-state index in [4.69, 9.17) is 0 Å². The van der Waals surface area contributed by atoms with E-state index in [1.54, 1.807) is 0 Å². The summed E-state index contributed by atoms with van der Waals surface area (Å²) in [7, 11) is 0. The van der Waals surface area contributed by atoms with Gasteiger partial charge in [-0.1, -0.05) is 54.0 Å². The van der Waals surface area contributed by atoms with Gasteiger partial charge in [-0.2, -0.15) is 0 Å². The summed E-state index contributed by atoms with van der Waals surface area (Å²) >= 11 is 3.59. The molecule has 0 radical (unpaired) electrons.